The first-order chi connectivity index (χ1) is 17.9. The van der Waals surface area contributed by atoms with E-state index in [1.54, 1.807) is 26.6 Å². The molecule has 2 atom stereocenters. The first-order valence-corrected chi connectivity index (χ1v) is 12.8. The molecule has 0 spiro atoms. The second-order valence-electron chi connectivity index (χ2n) is 9.78. The number of aromatic nitrogens is 3. The molecule has 0 radical (unpaired) electrons. The molecule has 0 aliphatic carbocycles. The summed E-state index contributed by atoms with van der Waals surface area (Å²) < 4.78 is 14.1. The van der Waals surface area contributed by atoms with Crippen LogP contribution < -0.4 is 10.5 Å². The standard InChI is InChI=1S/C27H33N5O5/c1-18-7-8-20-21(32(18)27(35)36-3)9-10-22-26(20)28-23(11-14-30-13-5-4-6-24(30)33)31(22)16-25(34)29(2)19-12-15-37-17-19/h4-6,9-10,13,18-19H,7-8,11-12,14-17H2,1-3H3/t18-,19-/m0/s1. The van der Waals surface area contributed by atoms with Crippen molar-refractivity contribution in [1.82, 2.24) is 19.0 Å². The maximum atomic E-state index is 13.3. The quantitative estimate of drug-likeness (QED) is 0.509. The second kappa shape index (κ2) is 10.4. The molecule has 3 aromatic rings. The number of ether oxygens (including phenoxy) is 2. The fourth-order valence-electron chi connectivity index (χ4n) is 5.36. The second-order valence-corrected chi connectivity index (χ2v) is 9.78. The van der Waals surface area contributed by atoms with Crippen molar-refractivity contribution in [3.8, 4) is 0 Å². The fourth-order valence-corrected chi connectivity index (χ4v) is 5.36. The lowest BCUT2D eigenvalue weighted by Crippen LogP contribution is -2.42. The van der Waals surface area contributed by atoms with Crippen LogP contribution in [0.25, 0.3) is 11.0 Å². The highest BCUT2D eigenvalue weighted by Gasteiger charge is 2.32. The van der Waals surface area contributed by atoms with Crippen molar-refractivity contribution in [3.05, 3.63) is 58.3 Å². The molecular weight excluding hydrogens is 474 g/mol. The van der Waals surface area contributed by atoms with Gasteiger partial charge in [0.15, 0.2) is 0 Å². The van der Waals surface area contributed by atoms with Gasteiger partial charge in [-0.25, -0.2) is 9.78 Å². The topological polar surface area (TPSA) is 98.9 Å². The summed E-state index contributed by atoms with van der Waals surface area (Å²) >= 11 is 0. The zero-order valence-corrected chi connectivity index (χ0v) is 21.6. The third-order valence-corrected chi connectivity index (χ3v) is 7.58. The third-order valence-electron chi connectivity index (χ3n) is 7.58. The molecule has 10 nitrogen and oxygen atoms in total. The normalized spacial score (nSPS) is 19.2. The Labute approximate surface area is 215 Å². The van der Waals surface area contributed by atoms with Crippen molar-refractivity contribution in [2.45, 2.75) is 57.8 Å². The maximum Gasteiger partial charge on any atom is 0.414 e. The van der Waals surface area contributed by atoms with Gasteiger partial charge in [0.2, 0.25) is 5.91 Å². The van der Waals surface area contributed by atoms with Gasteiger partial charge in [0.25, 0.3) is 5.56 Å². The summed E-state index contributed by atoms with van der Waals surface area (Å²) in [7, 11) is 3.21. The molecule has 5 rings (SSSR count). The van der Waals surface area contributed by atoms with Crippen LogP contribution in [-0.2, 0) is 40.2 Å². The summed E-state index contributed by atoms with van der Waals surface area (Å²) in [5.74, 6) is 0.710. The van der Waals surface area contributed by atoms with E-state index >= 15 is 0 Å². The average molecular weight is 508 g/mol. The number of carbonyl (C=O) groups excluding carboxylic acids is 2. The Balaban J connectivity index is 1.55. The Morgan fingerprint density at radius 2 is 2.05 bits per heavy atom. The lowest BCUT2D eigenvalue weighted by atomic mass is 9.96. The van der Waals surface area contributed by atoms with Crippen LogP contribution >= 0.6 is 0 Å². The van der Waals surface area contributed by atoms with E-state index in [1.807, 2.05) is 36.7 Å². The first-order valence-electron chi connectivity index (χ1n) is 12.8. The highest BCUT2D eigenvalue weighted by atomic mass is 16.5. The molecule has 0 N–H and O–H groups in total. The predicted molar refractivity (Wildman–Crippen MR) is 139 cm³/mol. The SMILES string of the molecule is COC(=O)N1c2ccc3c(nc(CCn4ccccc4=O)n3CC(=O)N(C)[C@H]3CCOC3)c2CC[C@@H]1C. The zero-order valence-electron chi connectivity index (χ0n) is 21.6. The number of anilines is 1. The molecule has 0 saturated carbocycles. The maximum absolute atomic E-state index is 13.3. The minimum atomic E-state index is -0.397. The van der Waals surface area contributed by atoms with Crippen molar-refractivity contribution >= 4 is 28.7 Å². The lowest BCUT2D eigenvalue weighted by molar-refractivity contribution is -0.132. The van der Waals surface area contributed by atoms with E-state index in [2.05, 4.69) is 0 Å². The van der Waals surface area contributed by atoms with E-state index in [0.29, 0.717) is 26.2 Å². The van der Waals surface area contributed by atoms with Gasteiger partial charge in [-0.1, -0.05) is 6.07 Å². The molecule has 1 fully saturated rings. The number of amides is 2. The minimum Gasteiger partial charge on any atom is -0.452 e. The molecule has 2 aliphatic rings. The van der Waals surface area contributed by atoms with E-state index in [-0.39, 0.29) is 30.1 Å². The molecule has 37 heavy (non-hydrogen) atoms. The molecule has 0 unspecified atom stereocenters. The first kappa shape index (κ1) is 25.0. The number of likely N-dealkylation sites (N-methyl/N-ethyl adjacent to an activating group) is 1. The average Bonchev–Trinajstić information content (AvgIpc) is 3.56. The van der Waals surface area contributed by atoms with Crippen LogP contribution in [0.3, 0.4) is 0 Å². The Kier molecular flexibility index (Phi) is 7.01. The van der Waals surface area contributed by atoms with Gasteiger partial charge >= 0.3 is 6.09 Å². The summed E-state index contributed by atoms with van der Waals surface area (Å²) in [4.78, 5) is 46.6. The Morgan fingerprint density at radius 1 is 1.22 bits per heavy atom. The number of hydrogen-bond acceptors (Lipinski definition) is 6. The van der Waals surface area contributed by atoms with Crippen LogP contribution in [0.5, 0.6) is 0 Å². The smallest absolute Gasteiger partial charge is 0.414 e. The van der Waals surface area contributed by atoms with Gasteiger partial charge in [0, 0.05) is 50.5 Å². The monoisotopic (exact) mass is 507 g/mol. The van der Waals surface area contributed by atoms with Crippen molar-refractivity contribution in [2.24, 2.45) is 0 Å². The van der Waals surface area contributed by atoms with Crippen LogP contribution in [0.2, 0.25) is 0 Å². The van der Waals surface area contributed by atoms with E-state index in [1.165, 1.54) is 13.2 Å². The van der Waals surface area contributed by atoms with Gasteiger partial charge in [-0.15, -0.1) is 0 Å². The van der Waals surface area contributed by atoms with Crippen LogP contribution in [0, 0.1) is 0 Å². The van der Waals surface area contributed by atoms with Crippen molar-refractivity contribution in [3.63, 3.8) is 0 Å². The van der Waals surface area contributed by atoms with Gasteiger partial charge in [0.1, 0.15) is 12.4 Å². The molecule has 2 aromatic heterocycles. The van der Waals surface area contributed by atoms with Crippen LogP contribution in [0.15, 0.2) is 41.3 Å². The molecule has 0 bridgehead atoms. The van der Waals surface area contributed by atoms with Gasteiger partial charge in [-0.3, -0.25) is 14.5 Å². The van der Waals surface area contributed by atoms with Gasteiger partial charge in [-0.2, -0.15) is 0 Å². The van der Waals surface area contributed by atoms with Crippen LogP contribution in [0.4, 0.5) is 10.5 Å². The molecule has 1 aromatic carbocycles. The number of pyridine rings is 1. The molecule has 4 heterocycles. The number of imidazole rings is 1. The number of hydrogen-bond donors (Lipinski definition) is 0. The minimum absolute atomic E-state index is 0.00719. The van der Waals surface area contributed by atoms with Crippen LogP contribution in [-0.4, -0.2) is 70.5 Å². The molecule has 10 heteroatoms. The summed E-state index contributed by atoms with van der Waals surface area (Å²) in [5, 5.41) is 0. The fraction of sp³-hybridized carbons (Fsp3) is 0.481. The van der Waals surface area contributed by atoms with E-state index in [9.17, 15) is 14.4 Å². The number of methoxy groups -OCH3 is 1. The Morgan fingerprint density at radius 3 is 2.78 bits per heavy atom. The van der Waals surface area contributed by atoms with Crippen LogP contribution in [0.1, 0.15) is 31.2 Å². The highest BCUT2D eigenvalue weighted by Crippen LogP contribution is 2.36. The number of fused-ring (bicyclic) bond motifs is 3. The molecular formula is C27H33N5O5. The van der Waals surface area contributed by atoms with Crippen molar-refractivity contribution in [1.29, 1.82) is 0 Å². The lowest BCUT2D eigenvalue weighted by Gasteiger charge is -2.34. The van der Waals surface area contributed by atoms with Crippen molar-refractivity contribution < 1.29 is 19.1 Å². The molecule has 1 saturated heterocycles. The summed E-state index contributed by atoms with van der Waals surface area (Å²) in [5.41, 5.74) is 3.32. The number of rotatable bonds is 6. The summed E-state index contributed by atoms with van der Waals surface area (Å²) in [6.07, 6.45) is 4.22. The number of aryl methyl sites for hydroxylation is 3. The Hall–Kier alpha value is -3.66. The summed E-state index contributed by atoms with van der Waals surface area (Å²) in [6, 6.07) is 9.00. The van der Waals surface area contributed by atoms with E-state index in [4.69, 9.17) is 14.5 Å². The molecule has 196 valence electrons. The number of benzene rings is 1. The number of carbonyl (C=O) groups is 2. The van der Waals surface area contributed by atoms with E-state index < -0.39 is 6.09 Å². The predicted octanol–water partition coefficient (Wildman–Crippen LogP) is 2.60. The van der Waals surface area contributed by atoms with Gasteiger partial charge in [0.05, 0.1) is 36.5 Å². The van der Waals surface area contributed by atoms with E-state index in [0.717, 1.165) is 47.4 Å². The largest absolute Gasteiger partial charge is 0.452 e. The van der Waals surface area contributed by atoms with Crippen molar-refractivity contribution in [2.75, 3.05) is 32.3 Å². The third kappa shape index (κ3) is 4.73. The number of nitrogens with zero attached hydrogens (tertiary/aromatic N) is 5. The Bertz CT molecular complexity index is 1370. The van der Waals surface area contributed by atoms with Gasteiger partial charge < -0.3 is 23.5 Å². The highest BCUT2D eigenvalue weighted by molar-refractivity contribution is 5.95. The summed E-state index contributed by atoms with van der Waals surface area (Å²) in [6.45, 7) is 3.79. The molecule has 2 aliphatic heterocycles. The van der Waals surface area contributed by atoms with Gasteiger partial charge in [-0.05, 0) is 44.4 Å². The molecule has 2 amide bonds. The zero-order chi connectivity index (χ0) is 26.1.